The van der Waals surface area contributed by atoms with Crippen molar-refractivity contribution in [2.75, 3.05) is 44.8 Å². The number of benzene rings is 1. The summed E-state index contributed by atoms with van der Waals surface area (Å²) >= 11 is 0. The molecule has 8 heteroatoms. The molecule has 1 aliphatic heterocycles. The predicted molar refractivity (Wildman–Crippen MR) is 114 cm³/mol. The lowest BCUT2D eigenvalue weighted by molar-refractivity contribution is 0.186. The minimum atomic E-state index is -0.0220. The number of oxazole rings is 1. The van der Waals surface area contributed by atoms with Crippen LogP contribution in [0.4, 0.5) is 5.69 Å². The maximum Gasteiger partial charge on any atom is 0.261 e. The Morgan fingerprint density at radius 3 is 2.83 bits per heavy atom. The van der Waals surface area contributed by atoms with E-state index < -0.39 is 0 Å². The van der Waals surface area contributed by atoms with Crippen molar-refractivity contribution in [3.63, 3.8) is 0 Å². The summed E-state index contributed by atoms with van der Waals surface area (Å²) in [5.74, 6) is 1.95. The van der Waals surface area contributed by atoms with Crippen LogP contribution in [-0.4, -0.2) is 59.3 Å². The molecule has 3 heterocycles. The Hall–Kier alpha value is -2.71. The zero-order valence-electron chi connectivity index (χ0n) is 17.3. The molecule has 2 aliphatic rings. The molecule has 0 bridgehead atoms. The van der Waals surface area contributed by atoms with Gasteiger partial charge in [-0.05, 0) is 31.0 Å². The van der Waals surface area contributed by atoms with Crippen LogP contribution in [-0.2, 0) is 30.7 Å². The third-order valence-electron chi connectivity index (χ3n) is 6.08. The molecule has 0 radical (unpaired) electrons. The van der Waals surface area contributed by atoms with Crippen LogP contribution in [0.15, 0.2) is 33.7 Å². The van der Waals surface area contributed by atoms with Gasteiger partial charge in [-0.1, -0.05) is 0 Å². The number of hydrogen-bond acceptors (Lipinski definition) is 7. The fourth-order valence-corrected chi connectivity index (χ4v) is 4.36. The van der Waals surface area contributed by atoms with E-state index in [0.717, 1.165) is 74.1 Å². The second kappa shape index (κ2) is 8.20. The molecule has 0 N–H and O–H groups in total. The van der Waals surface area contributed by atoms with E-state index in [1.807, 2.05) is 18.2 Å². The normalized spacial score (nSPS) is 17.0. The number of fused-ring (bicyclic) bond motifs is 2. The van der Waals surface area contributed by atoms with Gasteiger partial charge >= 0.3 is 0 Å². The number of anilines is 1. The largest absolute Gasteiger partial charge is 0.444 e. The van der Waals surface area contributed by atoms with Crippen LogP contribution in [0.2, 0.25) is 0 Å². The Bertz CT molecular complexity index is 1080. The molecule has 0 spiro atoms. The van der Waals surface area contributed by atoms with Gasteiger partial charge in [-0.3, -0.25) is 14.3 Å². The second-order valence-corrected chi connectivity index (χ2v) is 8.03. The minimum Gasteiger partial charge on any atom is -0.444 e. The smallest absolute Gasteiger partial charge is 0.261 e. The molecule has 0 saturated carbocycles. The van der Waals surface area contributed by atoms with Gasteiger partial charge in [-0.15, -0.1) is 0 Å². The summed E-state index contributed by atoms with van der Waals surface area (Å²) in [5.41, 5.74) is 2.99. The number of aryl methyl sites for hydroxylation is 2. The Labute approximate surface area is 175 Å². The lowest BCUT2D eigenvalue weighted by atomic mass is 10.2. The third-order valence-corrected chi connectivity index (χ3v) is 6.08. The number of hydrogen-bond donors (Lipinski definition) is 0. The van der Waals surface area contributed by atoms with Gasteiger partial charge < -0.3 is 14.1 Å². The highest BCUT2D eigenvalue weighted by atomic mass is 16.5. The van der Waals surface area contributed by atoms with Gasteiger partial charge in [-0.25, -0.2) is 9.97 Å². The van der Waals surface area contributed by atoms with E-state index in [1.165, 1.54) is 6.42 Å². The monoisotopic (exact) mass is 409 g/mol. The average Bonchev–Trinajstić information content (AvgIpc) is 3.35. The fourth-order valence-electron chi connectivity index (χ4n) is 4.36. The zero-order chi connectivity index (χ0) is 20.5. The van der Waals surface area contributed by atoms with Gasteiger partial charge in [0.1, 0.15) is 5.76 Å². The van der Waals surface area contributed by atoms with E-state index in [4.69, 9.17) is 9.15 Å². The first-order valence-electron chi connectivity index (χ1n) is 10.6. The fraction of sp³-hybridized carbons (Fsp3) is 0.500. The van der Waals surface area contributed by atoms with Crippen molar-refractivity contribution in [1.29, 1.82) is 0 Å². The lowest BCUT2D eigenvalue weighted by Crippen LogP contribution is -2.46. The molecule has 5 rings (SSSR count). The molecule has 2 aromatic heterocycles. The summed E-state index contributed by atoms with van der Waals surface area (Å²) in [6.07, 6.45) is 4.87. The standard InChI is InChI=1S/C22H27N5O3/c1-29-12-11-27-15-23-19-13-16(5-6-17(19)22(27)28)26-9-7-25(8-10-26)14-21-24-18-3-2-4-20(18)30-21/h5-6,13,15H,2-4,7-12,14H2,1H3. The quantitative estimate of drug-likeness (QED) is 0.615. The van der Waals surface area contributed by atoms with Crippen molar-refractivity contribution < 1.29 is 9.15 Å². The first-order valence-corrected chi connectivity index (χ1v) is 10.6. The summed E-state index contributed by atoms with van der Waals surface area (Å²) in [4.78, 5) is 26.5. The highest BCUT2D eigenvalue weighted by Gasteiger charge is 2.22. The Balaban J connectivity index is 1.24. The van der Waals surface area contributed by atoms with Crippen molar-refractivity contribution >= 4 is 16.6 Å². The van der Waals surface area contributed by atoms with Crippen LogP contribution in [0.3, 0.4) is 0 Å². The van der Waals surface area contributed by atoms with Crippen molar-refractivity contribution in [3.8, 4) is 0 Å². The van der Waals surface area contributed by atoms with E-state index in [9.17, 15) is 4.79 Å². The van der Waals surface area contributed by atoms with Crippen molar-refractivity contribution in [3.05, 3.63) is 52.2 Å². The SMILES string of the molecule is COCCn1cnc2cc(N3CCN(Cc4nc5c(o4)CCC5)CC3)ccc2c1=O. The molecular formula is C22H27N5O3. The molecule has 3 aromatic rings. The molecule has 8 nitrogen and oxygen atoms in total. The van der Waals surface area contributed by atoms with Crippen LogP contribution in [0.5, 0.6) is 0 Å². The Kier molecular flexibility index (Phi) is 5.26. The van der Waals surface area contributed by atoms with Crippen LogP contribution in [0.1, 0.15) is 23.8 Å². The average molecular weight is 409 g/mol. The molecule has 30 heavy (non-hydrogen) atoms. The van der Waals surface area contributed by atoms with E-state index in [-0.39, 0.29) is 5.56 Å². The predicted octanol–water partition coefficient (Wildman–Crippen LogP) is 1.84. The van der Waals surface area contributed by atoms with Gasteiger partial charge in [0.25, 0.3) is 5.56 Å². The van der Waals surface area contributed by atoms with Crippen molar-refractivity contribution in [2.24, 2.45) is 0 Å². The minimum absolute atomic E-state index is 0.0220. The van der Waals surface area contributed by atoms with E-state index in [2.05, 4.69) is 19.8 Å². The van der Waals surface area contributed by atoms with Crippen LogP contribution >= 0.6 is 0 Å². The highest BCUT2D eigenvalue weighted by molar-refractivity contribution is 5.81. The first-order chi connectivity index (χ1) is 14.7. The maximum absolute atomic E-state index is 12.6. The maximum atomic E-state index is 12.6. The summed E-state index contributed by atoms with van der Waals surface area (Å²) in [6, 6.07) is 5.94. The molecule has 158 valence electrons. The van der Waals surface area contributed by atoms with Crippen molar-refractivity contribution in [2.45, 2.75) is 32.4 Å². The highest BCUT2D eigenvalue weighted by Crippen LogP contribution is 2.24. The van der Waals surface area contributed by atoms with Gasteiger partial charge in [0.05, 0.1) is 42.6 Å². The summed E-state index contributed by atoms with van der Waals surface area (Å²) in [7, 11) is 1.63. The number of aromatic nitrogens is 3. The molecular weight excluding hydrogens is 382 g/mol. The molecule has 1 saturated heterocycles. The number of piperazine rings is 1. The topological polar surface area (TPSA) is 76.6 Å². The number of nitrogens with zero attached hydrogens (tertiary/aromatic N) is 5. The molecule has 1 fully saturated rings. The van der Waals surface area contributed by atoms with Crippen LogP contribution < -0.4 is 10.5 Å². The van der Waals surface area contributed by atoms with E-state index >= 15 is 0 Å². The van der Waals surface area contributed by atoms with Gasteiger partial charge in [0, 0.05) is 45.4 Å². The molecule has 0 unspecified atom stereocenters. The molecule has 0 amide bonds. The van der Waals surface area contributed by atoms with Crippen molar-refractivity contribution in [1.82, 2.24) is 19.4 Å². The zero-order valence-corrected chi connectivity index (χ0v) is 17.3. The summed E-state index contributed by atoms with van der Waals surface area (Å²) in [6.45, 7) is 5.55. The van der Waals surface area contributed by atoms with E-state index in [0.29, 0.717) is 18.5 Å². The van der Waals surface area contributed by atoms with Gasteiger partial charge in [-0.2, -0.15) is 0 Å². The number of rotatable bonds is 6. The Morgan fingerprint density at radius 1 is 1.17 bits per heavy atom. The number of methoxy groups -OCH3 is 1. The van der Waals surface area contributed by atoms with E-state index in [1.54, 1.807) is 18.0 Å². The summed E-state index contributed by atoms with van der Waals surface area (Å²) < 4.78 is 12.6. The lowest BCUT2D eigenvalue weighted by Gasteiger charge is -2.35. The Morgan fingerprint density at radius 2 is 2.03 bits per heavy atom. The first kappa shape index (κ1) is 19.3. The molecule has 1 aliphatic carbocycles. The van der Waals surface area contributed by atoms with Crippen LogP contribution in [0, 0.1) is 0 Å². The van der Waals surface area contributed by atoms with Crippen LogP contribution in [0.25, 0.3) is 10.9 Å². The molecule has 0 atom stereocenters. The third kappa shape index (κ3) is 3.73. The van der Waals surface area contributed by atoms with Gasteiger partial charge in [0.2, 0.25) is 5.89 Å². The molecule has 1 aromatic carbocycles. The van der Waals surface area contributed by atoms with Gasteiger partial charge in [0.15, 0.2) is 0 Å². The second-order valence-electron chi connectivity index (χ2n) is 8.03. The summed E-state index contributed by atoms with van der Waals surface area (Å²) in [5, 5.41) is 0.646. The number of ether oxygens (including phenoxy) is 1.